The molecular weight excluding hydrogens is 416 g/mol. The third-order valence-electron chi connectivity index (χ3n) is 6.01. The van der Waals surface area contributed by atoms with E-state index in [1.807, 2.05) is 18.2 Å². The minimum Gasteiger partial charge on any atom is -0.465 e. The number of hydrogen-bond donors (Lipinski definition) is 3. The van der Waals surface area contributed by atoms with E-state index in [1.165, 1.54) is 17.5 Å². The first-order valence-corrected chi connectivity index (χ1v) is 11.1. The zero-order chi connectivity index (χ0) is 21.4. The predicted octanol–water partition coefficient (Wildman–Crippen LogP) is 4.12. The van der Waals surface area contributed by atoms with Crippen LogP contribution in [0.3, 0.4) is 0 Å². The Labute approximate surface area is 182 Å². The van der Waals surface area contributed by atoms with Crippen LogP contribution < -0.4 is 10.6 Å². The van der Waals surface area contributed by atoms with Gasteiger partial charge < -0.3 is 20.6 Å². The quantitative estimate of drug-likeness (QED) is 0.509. The number of aromatic nitrogens is 3. The molecule has 5 rings (SSSR count). The molecule has 0 spiro atoms. The summed E-state index contributed by atoms with van der Waals surface area (Å²) >= 11 is 1.26. The molecule has 2 aliphatic heterocycles. The van der Waals surface area contributed by atoms with Gasteiger partial charge in [0.1, 0.15) is 11.6 Å². The Balaban J connectivity index is 1.42. The summed E-state index contributed by atoms with van der Waals surface area (Å²) in [6.07, 6.45) is 7.62. The molecule has 2 fully saturated rings. The Morgan fingerprint density at radius 2 is 2.06 bits per heavy atom. The van der Waals surface area contributed by atoms with Gasteiger partial charge in [0.2, 0.25) is 0 Å². The third kappa shape index (κ3) is 3.90. The molecule has 10 heteroatoms. The van der Waals surface area contributed by atoms with E-state index >= 15 is 0 Å². The first-order valence-electron chi connectivity index (χ1n) is 10.3. The maximum Gasteiger partial charge on any atom is 0.407 e. The number of carboxylic acid groups (broad SMARTS) is 1. The van der Waals surface area contributed by atoms with Gasteiger partial charge in [-0.25, -0.2) is 14.8 Å². The molecule has 2 saturated heterocycles. The van der Waals surface area contributed by atoms with Crippen LogP contribution in [0.25, 0.3) is 10.9 Å². The lowest BCUT2D eigenvalue weighted by Crippen LogP contribution is -2.56. The van der Waals surface area contributed by atoms with Crippen LogP contribution in [0.15, 0.2) is 30.6 Å². The van der Waals surface area contributed by atoms with E-state index in [9.17, 15) is 14.7 Å². The van der Waals surface area contributed by atoms with Crippen LogP contribution in [-0.4, -0.2) is 55.5 Å². The molecule has 1 amide bonds. The van der Waals surface area contributed by atoms with E-state index in [0.29, 0.717) is 21.6 Å². The molecule has 2 aliphatic rings. The Kier molecular flexibility index (Phi) is 5.14. The number of thiazole rings is 1. The molecule has 2 unspecified atom stereocenters. The summed E-state index contributed by atoms with van der Waals surface area (Å²) in [6.45, 7) is 0. The summed E-state index contributed by atoms with van der Waals surface area (Å²) in [5.41, 5.74) is 0.790. The predicted molar refractivity (Wildman–Crippen MR) is 118 cm³/mol. The van der Waals surface area contributed by atoms with Gasteiger partial charge in [-0.3, -0.25) is 9.78 Å². The van der Waals surface area contributed by atoms with Crippen LogP contribution >= 0.6 is 11.3 Å². The number of piperidine rings is 2. The van der Waals surface area contributed by atoms with Crippen molar-refractivity contribution in [1.82, 2.24) is 19.9 Å². The molecule has 2 atom stereocenters. The number of hydrogen-bond acceptors (Lipinski definition) is 8. The minimum absolute atomic E-state index is 0.0466. The Morgan fingerprint density at radius 3 is 2.77 bits per heavy atom. The van der Waals surface area contributed by atoms with Crippen molar-refractivity contribution in [2.75, 3.05) is 10.6 Å². The summed E-state index contributed by atoms with van der Waals surface area (Å²) in [7, 11) is 0. The average molecular weight is 439 g/mol. The number of anilines is 3. The van der Waals surface area contributed by atoms with Crippen molar-refractivity contribution < 1.29 is 14.7 Å². The van der Waals surface area contributed by atoms with Crippen LogP contribution in [0.1, 0.15) is 41.8 Å². The summed E-state index contributed by atoms with van der Waals surface area (Å²) in [5, 5.41) is 17.8. The highest BCUT2D eigenvalue weighted by Crippen LogP contribution is 2.36. The highest BCUT2D eigenvalue weighted by atomic mass is 32.1. The van der Waals surface area contributed by atoms with Crippen LogP contribution in [0.2, 0.25) is 0 Å². The van der Waals surface area contributed by atoms with E-state index in [4.69, 9.17) is 4.98 Å². The largest absolute Gasteiger partial charge is 0.465 e. The van der Waals surface area contributed by atoms with Crippen molar-refractivity contribution in [3.8, 4) is 0 Å². The molecule has 160 valence electrons. The highest BCUT2D eigenvalue weighted by Gasteiger charge is 2.41. The maximum absolute atomic E-state index is 11.7. The van der Waals surface area contributed by atoms with Crippen LogP contribution in [0, 0.1) is 0 Å². The highest BCUT2D eigenvalue weighted by molar-refractivity contribution is 7.17. The summed E-state index contributed by atoms with van der Waals surface area (Å²) < 4.78 is 0. The van der Waals surface area contributed by atoms with Crippen molar-refractivity contribution >= 4 is 51.4 Å². The number of rotatable bonds is 5. The number of carbonyl (C=O) groups is 2. The number of amides is 1. The monoisotopic (exact) mass is 438 g/mol. The maximum atomic E-state index is 11.7. The Morgan fingerprint density at radius 1 is 1.26 bits per heavy atom. The second-order valence-corrected chi connectivity index (χ2v) is 9.04. The molecule has 0 radical (unpaired) electrons. The van der Waals surface area contributed by atoms with Gasteiger partial charge in [0.25, 0.3) is 0 Å². The Bertz CT molecular complexity index is 1120. The number of carbonyl (C=O) groups excluding carboxylic acids is 1. The van der Waals surface area contributed by atoms with Gasteiger partial charge in [0.05, 0.1) is 16.6 Å². The van der Waals surface area contributed by atoms with Gasteiger partial charge in [-0.2, -0.15) is 0 Å². The summed E-state index contributed by atoms with van der Waals surface area (Å²) in [5.74, 6) is 1.30. The molecular formula is C21H22N6O3S. The number of nitrogens with one attached hydrogen (secondary N) is 2. The van der Waals surface area contributed by atoms with E-state index < -0.39 is 6.09 Å². The van der Waals surface area contributed by atoms with E-state index in [2.05, 4.69) is 20.6 Å². The Hall–Kier alpha value is -3.27. The van der Waals surface area contributed by atoms with Crippen LogP contribution in [0.5, 0.6) is 0 Å². The average Bonchev–Trinajstić information content (AvgIpc) is 3.20. The lowest BCUT2D eigenvalue weighted by molar-refractivity contribution is 0.0385. The lowest BCUT2D eigenvalue weighted by atomic mass is 9.82. The van der Waals surface area contributed by atoms with Crippen LogP contribution in [0.4, 0.5) is 21.6 Å². The van der Waals surface area contributed by atoms with Crippen LogP contribution in [-0.2, 0) is 0 Å². The normalized spacial score (nSPS) is 22.8. The molecule has 5 heterocycles. The van der Waals surface area contributed by atoms with Crippen molar-refractivity contribution in [2.45, 2.75) is 50.2 Å². The fourth-order valence-corrected chi connectivity index (χ4v) is 5.40. The number of pyridine rings is 2. The molecule has 3 N–H and O–H groups in total. The summed E-state index contributed by atoms with van der Waals surface area (Å²) in [4.78, 5) is 38.3. The molecule has 0 aliphatic carbocycles. The fourth-order valence-electron chi connectivity index (χ4n) is 4.76. The molecule has 3 aromatic rings. The molecule has 0 saturated carbocycles. The zero-order valence-electron chi connectivity index (χ0n) is 16.7. The van der Waals surface area contributed by atoms with Gasteiger partial charge in [0.15, 0.2) is 11.4 Å². The standard InChI is InChI=1S/C21H22N6O3S/c28-11-15-10-23-20(31-15)26-18-9-17-16(5-2-6-22-17)19(25-18)24-12-7-13-3-1-4-14(8-12)27(13)21(29)30/h2,5-6,9-14H,1,3-4,7-8H2,(H,29,30)(H2,23,24,25,26). The second-order valence-electron chi connectivity index (χ2n) is 7.98. The van der Waals surface area contributed by atoms with Crippen molar-refractivity contribution in [2.24, 2.45) is 0 Å². The molecule has 0 aromatic carbocycles. The van der Waals surface area contributed by atoms with Gasteiger partial charge in [-0.05, 0) is 44.2 Å². The van der Waals surface area contributed by atoms with E-state index in [0.717, 1.165) is 49.3 Å². The molecule has 2 bridgehead atoms. The molecule has 3 aromatic heterocycles. The smallest absolute Gasteiger partial charge is 0.407 e. The molecule has 9 nitrogen and oxygen atoms in total. The SMILES string of the molecule is O=Cc1cnc(Nc2cc3ncccc3c(NC3CC4CCCC(C3)N4C(=O)O)n2)s1. The van der Waals surface area contributed by atoms with Crippen molar-refractivity contribution in [3.63, 3.8) is 0 Å². The number of nitrogens with zero attached hydrogens (tertiary/aromatic N) is 4. The summed E-state index contributed by atoms with van der Waals surface area (Å²) in [6, 6.07) is 5.93. The first kappa shape index (κ1) is 19.7. The zero-order valence-corrected chi connectivity index (χ0v) is 17.5. The van der Waals surface area contributed by atoms with Crippen molar-refractivity contribution in [3.05, 3.63) is 35.5 Å². The fraction of sp³-hybridized carbons (Fsp3) is 0.381. The van der Waals surface area contributed by atoms with E-state index in [-0.39, 0.29) is 18.1 Å². The van der Waals surface area contributed by atoms with Gasteiger partial charge in [0, 0.05) is 35.8 Å². The van der Waals surface area contributed by atoms with Gasteiger partial charge in [-0.15, -0.1) is 0 Å². The third-order valence-corrected chi connectivity index (χ3v) is 6.85. The second kappa shape index (κ2) is 8.10. The van der Waals surface area contributed by atoms with Gasteiger partial charge in [-0.1, -0.05) is 11.3 Å². The minimum atomic E-state index is -0.815. The van der Waals surface area contributed by atoms with Gasteiger partial charge >= 0.3 is 6.09 Å². The topological polar surface area (TPSA) is 120 Å². The number of fused-ring (bicyclic) bond motifs is 3. The number of aldehydes is 1. The first-order chi connectivity index (χ1) is 15.1. The van der Waals surface area contributed by atoms with Crippen molar-refractivity contribution in [1.29, 1.82) is 0 Å². The van der Waals surface area contributed by atoms with E-state index in [1.54, 1.807) is 11.1 Å². The molecule has 31 heavy (non-hydrogen) atoms. The lowest BCUT2D eigenvalue weighted by Gasteiger charge is -2.47.